The number of hydrogen-bond acceptors (Lipinski definition) is 5. The highest BCUT2D eigenvalue weighted by Gasteiger charge is 2.16. The normalized spacial score (nSPS) is 12.4. The van der Waals surface area contributed by atoms with Gasteiger partial charge in [0, 0.05) is 19.4 Å². The number of primary amides is 1. The number of carbonyl (C=O) groups excluding carboxylic acids is 1. The summed E-state index contributed by atoms with van der Waals surface area (Å²) in [4.78, 5) is 10.9. The molecule has 0 aromatic carbocycles. The fraction of sp³-hybridized carbons (Fsp3) is 0.667. The molecule has 0 saturated carbocycles. The molecule has 0 radical (unpaired) electrons. The van der Waals surface area contributed by atoms with E-state index in [9.17, 15) is 4.79 Å². The van der Waals surface area contributed by atoms with Gasteiger partial charge in [-0.2, -0.15) is 5.26 Å². The molecule has 1 heterocycles. The SMILES string of the molecule is CC(C)Cn1c(CCC(N)=O)nnc1S[C@H](C)C#N. The summed E-state index contributed by atoms with van der Waals surface area (Å²) < 4.78 is 1.98. The van der Waals surface area contributed by atoms with Gasteiger partial charge in [-0.15, -0.1) is 10.2 Å². The summed E-state index contributed by atoms with van der Waals surface area (Å²) >= 11 is 1.38. The van der Waals surface area contributed by atoms with Crippen molar-refractivity contribution in [1.82, 2.24) is 14.8 Å². The quantitative estimate of drug-likeness (QED) is 0.761. The summed E-state index contributed by atoms with van der Waals surface area (Å²) in [5.41, 5.74) is 5.16. The van der Waals surface area contributed by atoms with Crippen molar-refractivity contribution in [3.8, 4) is 6.07 Å². The van der Waals surface area contributed by atoms with Gasteiger partial charge in [0.05, 0.1) is 11.3 Å². The lowest BCUT2D eigenvalue weighted by Gasteiger charge is -2.12. The van der Waals surface area contributed by atoms with Gasteiger partial charge in [0.15, 0.2) is 5.16 Å². The first-order valence-corrected chi connectivity index (χ1v) is 7.08. The highest BCUT2D eigenvalue weighted by atomic mass is 32.2. The lowest BCUT2D eigenvalue weighted by Crippen LogP contribution is -2.15. The third kappa shape index (κ3) is 4.91. The van der Waals surface area contributed by atoms with E-state index < -0.39 is 0 Å². The molecular weight excluding hydrogens is 262 g/mol. The van der Waals surface area contributed by atoms with Gasteiger partial charge in [-0.1, -0.05) is 25.6 Å². The second kappa shape index (κ2) is 7.14. The van der Waals surface area contributed by atoms with Crippen LogP contribution in [0, 0.1) is 17.2 Å². The van der Waals surface area contributed by atoms with Gasteiger partial charge < -0.3 is 10.3 Å². The average Bonchev–Trinajstić information content (AvgIpc) is 2.68. The molecule has 1 amide bonds. The van der Waals surface area contributed by atoms with Crippen molar-refractivity contribution < 1.29 is 4.79 Å². The Morgan fingerprint density at radius 1 is 1.47 bits per heavy atom. The smallest absolute Gasteiger partial charge is 0.217 e. The van der Waals surface area contributed by atoms with Crippen LogP contribution in [-0.4, -0.2) is 25.9 Å². The maximum Gasteiger partial charge on any atom is 0.217 e. The monoisotopic (exact) mass is 281 g/mol. The third-order valence-electron chi connectivity index (χ3n) is 2.40. The first-order valence-electron chi connectivity index (χ1n) is 6.20. The topological polar surface area (TPSA) is 97.6 Å². The van der Waals surface area contributed by atoms with Crippen LogP contribution in [0.3, 0.4) is 0 Å². The molecule has 0 aliphatic heterocycles. The maximum absolute atomic E-state index is 10.9. The minimum Gasteiger partial charge on any atom is -0.370 e. The molecule has 0 aliphatic rings. The third-order valence-corrected chi connectivity index (χ3v) is 3.37. The van der Waals surface area contributed by atoms with Gasteiger partial charge in [-0.3, -0.25) is 4.79 Å². The molecule has 2 N–H and O–H groups in total. The fourth-order valence-electron chi connectivity index (χ4n) is 1.56. The molecule has 19 heavy (non-hydrogen) atoms. The highest BCUT2D eigenvalue weighted by Crippen LogP contribution is 2.23. The molecule has 1 rings (SSSR count). The van der Waals surface area contributed by atoms with Crippen molar-refractivity contribution in [2.24, 2.45) is 11.7 Å². The molecule has 104 valence electrons. The van der Waals surface area contributed by atoms with Crippen LogP contribution in [0.2, 0.25) is 0 Å². The Labute approximate surface area is 117 Å². The van der Waals surface area contributed by atoms with Crippen molar-refractivity contribution in [3.63, 3.8) is 0 Å². The number of amides is 1. The van der Waals surface area contributed by atoms with Gasteiger partial charge in [0.2, 0.25) is 5.91 Å². The minimum atomic E-state index is -0.348. The Morgan fingerprint density at radius 2 is 2.16 bits per heavy atom. The van der Waals surface area contributed by atoms with Crippen LogP contribution in [0.4, 0.5) is 0 Å². The first-order chi connectivity index (χ1) is 8.93. The number of rotatable bonds is 7. The summed E-state index contributed by atoms with van der Waals surface area (Å²) in [7, 11) is 0. The molecular formula is C12H19N5OS. The number of nitrogens with zero attached hydrogens (tertiary/aromatic N) is 4. The fourth-order valence-corrected chi connectivity index (χ4v) is 2.32. The maximum atomic E-state index is 10.9. The van der Waals surface area contributed by atoms with Crippen molar-refractivity contribution in [3.05, 3.63) is 5.82 Å². The van der Waals surface area contributed by atoms with E-state index in [0.29, 0.717) is 12.3 Å². The van der Waals surface area contributed by atoms with E-state index in [0.717, 1.165) is 17.5 Å². The largest absolute Gasteiger partial charge is 0.370 e. The van der Waals surface area contributed by atoms with Gasteiger partial charge in [0.25, 0.3) is 0 Å². The number of aromatic nitrogens is 3. The van der Waals surface area contributed by atoms with Crippen molar-refractivity contribution in [2.75, 3.05) is 0 Å². The zero-order valence-electron chi connectivity index (χ0n) is 11.5. The summed E-state index contributed by atoms with van der Waals surface area (Å²) in [5.74, 6) is 0.832. The lowest BCUT2D eigenvalue weighted by atomic mass is 10.2. The molecule has 0 aliphatic carbocycles. The average molecular weight is 281 g/mol. The van der Waals surface area contributed by atoms with Gasteiger partial charge in [-0.25, -0.2) is 0 Å². The van der Waals surface area contributed by atoms with E-state index in [4.69, 9.17) is 11.0 Å². The van der Waals surface area contributed by atoms with Gasteiger partial charge in [-0.05, 0) is 12.8 Å². The van der Waals surface area contributed by atoms with E-state index in [1.165, 1.54) is 11.8 Å². The van der Waals surface area contributed by atoms with Crippen LogP contribution in [0.15, 0.2) is 5.16 Å². The number of hydrogen-bond donors (Lipinski definition) is 1. The number of nitriles is 1. The highest BCUT2D eigenvalue weighted by molar-refractivity contribution is 8.00. The van der Waals surface area contributed by atoms with Crippen LogP contribution in [-0.2, 0) is 17.8 Å². The molecule has 0 fully saturated rings. The van der Waals surface area contributed by atoms with Gasteiger partial charge in [0.1, 0.15) is 5.82 Å². The lowest BCUT2D eigenvalue weighted by molar-refractivity contribution is -0.118. The predicted octanol–water partition coefficient (Wildman–Crippen LogP) is 1.36. The molecule has 6 nitrogen and oxygen atoms in total. The van der Waals surface area contributed by atoms with E-state index in [1.807, 2.05) is 11.5 Å². The van der Waals surface area contributed by atoms with Crippen molar-refractivity contribution in [1.29, 1.82) is 5.26 Å². The number of thioether (sulfide) groups is 1. The van der Waals surface area contributed by atoms with Crippen LogP contribution < -0.4 is 5.73 Å². The summed E-state index contributed by atoms with van der Waals surface area (Å²) in [6, 6.07) is 2.16. The van der Waals surface area contributed by atoms with Gasteiger partial charge >= 0.3 is 0 Å². The van der Waals surface area contributed by atoms with E-state index >= 15 is 0 Å². The Kier molecular flexibility index (Phi) is 5.83. The number of carbonyl (C=O) groups is 1. The minimum absolute atomic E-state index is 0.181. The van der Waals surface area contributed by atoms with E-state index in [1.54, 1.807) is 0 Å². The molecule has 0 unspecified atom stereocenters. The second-order valence-corrected chi connectivity index (χ2v) is 6.07. The van der Waals surface area contributed by atoms with Crippen LogP contribution in [0.25, 0.3) is 0 Å². The molecule has 7 heteroatoms. The number of aryl methyl sites for hydroxylation is 1. The number of nitrogens with two attached hydrogens (primary N) is 1. The Morgan fingerprint density at radius 3 is 2.68 bits per heavy atom. The first kappa shape index (κ1) is 15.5. The summed E-state index contributed by atoms with van der Waals surface area (Å²) in [6.07, 6.45) is 0.741. The zero-order valence-corrected chi connectivity index (χ0v) is 12.3. The predicted molar refractivity (Wildman–Crippen MR) is 73.3 cm³/mol. The Hall–Kier alpha value is -1.55. The summed E-state index contributed by atoms with van der Waals surface area (Å²) in [5, 5.41) is 17.6. The summed E-state index contributed by atoms with van der Waals surface area (Å²) in [6.45, 7) is 6.78. The standard InChI is InChI=1S/C12H19N5OS/c1-8(2)7-17-11(5-4-10(14)18)15-16-12(17)19-9(3)6-13/h8-9H,4-5,7H2,1-3H3,(H2,14,18)/t9-/m1/s1. The Bertz CT molecular complexity index is 477. The zero-order chi connectivity index (χ0) is 14.4. The van der Waals surface area contributed by atoms with Crippen molar-refractivity contribution in [2.45, 2.75) is 50.6 Å². The molecule has 1 aromatic heterocycles. The van der Waals surface area contributed by atoms with Crippen molar-refractivity contribution >= 4 is 17.7 Å². The molecule has 0 saturated heterocycles. The molecule has 1 aromatic rings. The Balaban J connectivity index is 2.91. The molecule has 1 atom stereocenters. The van der Waals surface area contributed by atoms with Crippen LogP contribution in [0.5, 0.6) is 0 Å². The molecule has 0 spiro atoms. The van der Waals surface area contributed by atoms with E-state index in [2.05, 4.69) is 30.1 Å². The van der Waals surface area contributed by atoms with Crippen LogP contribution in [0.1, 0.15) is 33.0 Å². The van der Waals surface area contributed by atoms with E-state index in [-0.39, 0.29) is 17.6 Å². The molecule has 0 bridgehead atoms. The van der Waals surface area contributed by atoms with Crippen LogP contribution >= 0.6 is 11.8 Å². The second-order valence-electron chi connectivity index (χ2n) is 4.76.